The number of hydrogen-bond donors (Lipinski definition) is 2. The van der Waals surface area contributed by atoms with E-state index in [0.717, 1.165) is 0 Å². The lowest BCUT2D eigenvalue weighted by Crippen LogP contribution is -2.14. The lowest BCUT2D eigenvalue weighted by molar-refractivity contribution is -0.113. The minimum atomic E-state index is -0.165. The molecule has 0 atom stereocenters. The monoisotopic (exact) mass is 288 g/mol. The van der Waals surface area contributed by atoms with Crippen LogP contribution in [0.25, 0.3) is 0 Å². The van der Waals surface area contributed by atoms with E-state index in [4.69, 9.17) is 11.0 Å². The van der Waals surface area contributed by atoms with Crippen LogP contribution in [0.15, 0.2) is 29.4 Å². The number of carbonyl (C=O) groups is 1. The van der Waals surface area contributed by atoms with E-state index in [1.165, 1.54) is 11.8 Å². The first-order chi connectivity index (χ1) is 9.60. The Morgan fingerprint density at radius 1 is 1.45 bits per heavy atom. The van der Waals surface area contributed by atoms with Gasteiger partial charge in [0.05, 0.1) is 17.4 Å². The Morgan fingerprint density at radius 3 is 2.70 bits per heavy atom. The Hall–Kier alpha value is -2.53. The fraction of sp³-hybridized carbons (Fsp3) is 0.167. The molecule has 7 nitrogen and oxygen atoms in total. The van der Waals surface area contributed by atoms with Crippen LogP contribution in [0.5, 0.6) is 0 Å². The van der Waals surface area contributed by atoms with Crippen molar-refractivity contribution in [3.63, 3.8) is 0 Å². The van der Waals surface area contributed by atoms with Crippen molar-refractivity contribution in [1.82, 2.24) is 14.8 Å². The average Bonchev–Trinajstić information content (AvgIpc) is 2.77. The van der Waals surface area contributed by atoms with Crippen molar-refractivity contribution in [3.8, 4) is 6.07 Å². The van der Waals surface area contributed by atoms with Crippen LogP contribution < -0.4 is 11.1 Å². The zero-order valence-corrected chi connectivity index (χ0v) is 11.5. The lowest BCUT2D eigenvalue weighted by Gasteiger charge is -2.04. The molecule has 1 aromatic carbocycles. The minimum Gasteiger partial charge on any atom is -0.368 e. The van der Waals surface area contributed by atoms with Gasteiger partial charge in [0.2, 0.25) is 11.9 Å². The van der Waals surface area contributed by atoms with Crippen LogP contribution in [0.4, 0.5) is 11.6 Å². The lowest BCUT2D eigenvalue weighted by atomic mass is 10.2. The maximum absolute atomic E-state index is 11.8. The van der Waals surface area contributed by atoms with Crippen molar-refractivity contribution in [2.24, 2.45) is 7.05 Å². The number of nitrogen functional groups attached to an aromatic ring is 1. The number of aromatic nitrogens is 3. The summed E-state index contributed by atoms with van der Waals surface area (Å²) in [4.78, 5) is 11.8. The summed E-state index contributed by atoms with van der Waals surface area (Å²) >= 11 is 1.25. The molecule has 0 spiro atoms. The molecule has 2 rings (SSSR count). The van der Waals surface area contributed by atoms with Gasteiger partial charge in [0.1, 0.15) is 0 Å². The van der Waals surface area contributed by atoms with Crippen molar-refractivity contribution in [1.29, 1.82) is 5.26 Å². The number of nitrogens with zero attached hydrogens (tertiary/aromatic N) is 4. The third-order valence-corrected chi connectivity index (χ3v) is 3.52. The Labute approximate surface area is 119 Å². The molecule has 0 saturated heterocycles. The number of amides is 1. The second-order valence-electron chi connectivity index (χ2n) is 3.93. The van der Waals surface area contributed by atoms with E-state index in [9.17, 15) is 4.79 Å². The highest BCUT2D eigenvalue weighted by molar-refractivity contribution is 7.99. The highest BCUT2D eigenvalue weighted by atomic mass is 32.2. The third kappa shape index (κ3) is 3.27. The molecule has 1 aromatic heterocycles. The van der Waals surface area contributed by atoms with Gasteiger partial charge < -0.3 is 11.1 Å². The molecule has 0 unspecified atom stereocenters. The molecule has 1 amide bonds. The number of thioether (sulfide) groups is 1. The van der Waals surface area contributed by atoms with Gasteiger partial charge in [0.25, 0.3) is 0 Å². The summed E-state index contributed by atoms with van der Waals surface area (Å²) in [5.41, 5.74) is 6.74. The summed E-state index contributed by atoms with van der Waals surface area (Å²) in [6, 6.07) is 8.67. The van der Waals surface area contributed by atoms with Gasteiger partial charge in [-0.3, -0.25) is 9.36 Å². The number of benzene rings is 1. The SMILES string of the molecule is Cn1c(N)nnc1SCC(=O)Nc1ccc(C#N)cc1. The van der Waals surface area contributed by atoms with Crippen LogP contribution in [0.3, 0.4) is 0 Å². The predicted molar refractivity (Wildman–Crippen MR) is 75.9 cm³/mol. The van der Waals surface area contributed by atoms with Crippen LogP contribution in [0, 0.1) is 11.3 Å². The van der Waals surface area contributed by atoms with E-state index in [2.05, 4.69) is 15.5 Å². The standard InChI is InChI=1S/C12H12N6OS/c1-18-11(14)16-17-12(18)20-7-10(19)15-9-4-2-8(6-13)3-5-9/h2-5H,7H2,1H3,(H2,14,16)(H,15,19). The van der Waals surface area contributed by atoms with Crippen molar-refractivity contribution in [3.05, 3.63) is 29.8 Å². The molecule has 102 valence electrons. The van der Waals surface area contributed by atoms with Crippen molar-refractivity contribution in [2.75, 3.05) is 16.8 Å². The van der Waals surface area contributed by atoms with Gasteiger partial charge in [-0.05, 0) is 24.3 Å². The summed E-state index contributed by atoms with van der Waals surface area (Å²) in [6.45, 7) is 0. The second kappa shape index (κ2) is 6.08. The van der Waals surface area contributed by atoms with Crippen LogP contribution in [0.2, 0.25) is 0 Å². The molecule has 3 N–H and O–H groups in total. The van der Waals surface area contributed by atoms with Gasteiger partial charge >= 0.3 is 0 Å². The molecule has 0 saturated carbocycles. The van der Waals surface area contributed by atoms with Crippen molar-refractivity contribution >= 4 is 29.3 Å². The van der Waals surface area contributed by atoms with Gasteiger partial charge in [0, 0.05) is 12.7 Å². The quantitative estimate of drug-likeness (QED) is 0.812. The van der Waals surface area contributed by atoms with Crippen molar-refractivity contribution < 1.29 is 4.79 Å². The molecular formula is C12H12N6OS. The van der Waals surface area contributed by atoms with Crippen LogP contribution >= 0.6 is 11.8 Å². The van der Waals surface area contributed by atoms with E-state index in [-0.39, 0.29) is 11.7 Å². The average molecular weight is 288 g/mol. The van der Waals surface area contributed by atoms with Crippen LogP contribution in [-0.2, 0) is 11.8 Å². The maximum Gasteiger partial charge on any atom is 0.234 e. The number of anilines is 2. The fourth-order valence-electron chi connectivity index (χ4n) is 1.41. The largest absolute Gasteiger partial charge is 0.368 e. The maximum atomic E-state index is 11.8. The Morgan fingerprint density at radius 2 is 2.15 bits per heavy atom. The topological polar surface area (TPSA) is 110 Å². The molecule has 0 radical (unpaired) electrons. The van der Waals surface area contributed by atoms with Crippen LogP contribution in [0.1, 0.15) is 5.56 Å². The first kappa shape index (κ1) is 13.9. The van der Waals surface area contributed by atoms with E-state index < -0.39 is 0 Å². The molecule has 2 aromatic rings. The molecule has 20 heavy (non-hydrogen) atoms. The van der Waals surface area contributed by atoms with Gasteiger partial charge in [-0.2, -0.15) is 5.26 Å². The van der Waals surface area contributed by atoms with Gasteiger partial charge in [-0.15, -0.1) is 10.2 Å². The summed E-state index contributed by atoms with van der Waals surface area (Å²) < 4.78 is 1.61. The summed E-state index contributed by atoms with van der Waals surface area (Å²) in [7, 11) is 1.73. The van der Waals surface area contributed by atoms with E-state index in [1.54, 1.807) is 35.9 Å². The molecule has 0 aliphatic carbocycles. The molecule has 0 aliphatic heterocycles. The summed E-state index contributed by atoms with van der Waals surface area (Å²) in [5, 5.41) is 19.6. The zero-order valence-electron chi connectivity index (χ0n) is 10.7. The Kier molecular flexibility index (Phi) is 4.22. The zero-order chi connectivity index (χ0) is 14.5. The van der Waals surface area contributed by atoms with Gasteiger partial charge in [-0.1, -0.05) is 11.8 Å². The van der Waals surface area contributed by atoms with E-state index in [1.807, 2.05) is 6.07 Å². The fourth-order valence-corrected chi connectivity index (χ4v) is 2.13. The highest BCUT2D eigenvalue weighted by Gasteiger charge is 2.09. The number of nitrogens with one attached hydrogen (secondary N) is 1. The van der Waals surface area contributed by atoms with Crippen molar-refractivity contribution in [2.45, 2.75) is 5.16 Å². The number of nitrogens with two attached hydrogens (primary N) is 1. The van der Waals surface area contributed by atoms with Gasteiger partial charge in [0.15, 0.2) is 5.16 Å². The second-order valence-corrected chi connectivity index (χ2v) is 4.87. The molecular weight excluding hydrogens is 276 g/mol. The molecule has 0 bridgehead atoms. The molecule has 0 aliphatic rings. The smallest absolute Gasteiger partial charge is 0.234 e. The van der Waals surface area contributed by atoms with Gasteiger partial charge in [-0.25, -0.2) is 0 Å². The molecule has 0 fully saturated rings. The first-order valence-electron chi connectivity index (χ1n) is 5.68. The van der Waals surface area contributed by atoms with Crippen LogP contribution in [-0.4, -0.2) is 26.4 Å². The van der Waals surface area contributed by atoms with E-state index >= 15 is 0 Å². The number of hydrogen-bond acceptors (Lipinski definition) is 6. The predicted octanol–water partition coefficient (Wildman–Crippen LogP) is 1.000. The Bertz CT molecular complexity index is 658. The highest BCUT2D eigenvalue weighted by Crippen LogP contribution is 2.17. The Balaban J connectivity index is 1.89. The van der Waals surface area contributed by atoms with E-state index in [0.29, 0.717) is 22.4 Å². The minimum absolute atomic E-state index is 0.165. The molecule has 8 heteroatoms. The summed E-state index contributed by atoms with van der Waals surface area (Å²) in [5.74, 6) is 0.340. The first-order valence-corrected chi connectivity index (χ1v) is 6.66. The normalized spacial score (nSPS) is 10.0. The third-order valence-electron chi connectivity index (χ3n) is 2.50. The summed E-state index contributed by atoms with van der Waals surface area (Å²) in [6.07, 6.45) is 0. The number of rotatable bonds is 4. The number of nitriles is 1. The number of carbonyl (C=O) groups excluding carboxylic acids is 1. The molecule has 1 heterocycles.